The fourth-order valence-corrected chi connectivity index (χ4v) is 3.84. The fourth-order valence-electron chi connectivity index (χ4n) is 2.55. The molecule has 2 heterocycles. The Balaban J connectivity index is 1.64. The first-order chi connectivity index (χ1) is 13.0. The summed E-state index contributed by atoms with van der Waals surface area (Å²) in [6.07, 6.45) is 1.64. The number of fused-ring (bicyclic) bond motifs is 1. The van der Waals surface area contributed by atoms with Crippen molar-refractivity contribution in [1.29, 1.82) is 0 Å². The molecule has 2 N–H and O–H groups in total. The van der Waals surface area contributed by atoms with Gasteiger partial charge in [0.25, 0.3) is 5.78 Å². The van der Waals surface area contributed by atoms with Gasteiger partial charge < -0.3 is 5.73 Å². The second-order valence-corrected chi connectivity index (χ2v) is 7.45. The molecule has 0 aliphatic heterocycles. The van der Waals surface area contributed by atoms with Gasteiger partial charge in [-0.25, -0.2) is 9.37 Å². The third kappa shape index (κ3) is 3.58. The van der Waals surface area contributed by atoms with Gasteiger partial charge in [-0.1, -0.05) is 53.2 Å². The molecule has 4 aromatic rings. The van der Waals surface area contributed by atoms with Crippen LogP contribution in [-0.2, 0) is 5.75 Å². The SMILES string of the molecule is Nc1c(-c2ccc(Cl)cc2)cnc2nc(SCc3c(F)cccc3Cl)nn12. The van der Waals surface area contributed by atoms with Gasteiger partial charge in [-0.3, -0.25) is 0 Å². The van der Waals surface area contributed by atoms with Crippen LogP contribution >= 0.6 is 35.0 Å². The number of anilines is 1. The van der Waals surface area contributed by atoms with Crippen LogP contribution in [0.15, 0.2) is 53.8 Å². The smallest absolute Gasteiger partial charge is 0.255 e. The average molecular weight is 420 g/mol. The van der Waals surface area contributed by atoms with Crippen molar-refractivity contribution in [3.63, 3.8) is 0 Å². The van der Waals surface area contributed by atoms with Gasteiger partial charge in [0.2, 0.25) is 5.16 Å². The Morgan fingerprint density at radius 3 is 2.63 bits per heavy atom. The minimum absolute atomic E-state index is 0.298. The molecule has 0 radical (unpaired) electrons. The molecule has 4 rings (SSSR count). The predicted molar refractivity (Wildman–Crippen MR) is 107 cm³/mol. The van der Waals surface area contributed by atoms with E-state index >= 15 is 0 Å². The van der Waals surface area contributed by atoms with Crippen molar-refractivity contribution in [2.24, 2.45) is 0 Å². The summed E-state index contributed by atoms with van der Waals surface area (Å²) in [4.78, 5) is 8.65. The van der Waals surface area contributed by atoms with E-state index in [4.69, 9.17) is 28.9 Å². The minimum atomic E-state index is -0.360. The van der Waals surface area contributed by atoms with E-state index < -0.39 is 0 Å². The van der Waals surface area contributed by atoms with Gasteiger partial charge in [0.1, 0.15) is 11.6 Å². The quantitative estimate of drug-likeness (QED) is 0.465. The van der Waals surface area contributed by atoms with Crippen LogP contribution in [0.3, 0.4) is 0 Å². The Bertz CT molecular complexity index is 1110. The average Bonchev–Trinajstić information content (AvgIpc) is 3.07. The Morgan fingerprint density at radius 2 is 1.89 bits per heavy atom. The molecule has 27 heavy (non-hydrogen) atoms. The highest BCUT2D eigenvalue weighted by Crippen LogP contribution is 2.29. The number of thioether (sulfide) groups is 1. The van der Waals surface area contributed by atoms with Crippen LogP contribution in [0.2, 0.25) is 10.0 Å². The molecule has 0 atom stereocenters. The highest BCUT2D eigenvalue weighted by molar-refractivity contribution is 7.98. The second-order valence-electron chi connectivity index (χ2n) is 5.66. The number of benzene rings is 2. The number of nitrogen functional groups attached to an aromatic ring is 1. The summed E-state index contributed by atoms with van der Waals surface area (Å²) in [5.74, 6) is 0.714. The zero-order valence-electron chi connectivity index (χ0n) is 13.7. The summed E-state index contributed by atoms with van der Waals surface area (Å²) in [6, 6.07) is 11.9. The highest BCUT2D eigenvalue weighted by atomic mass is 35.5. The Kier molecular flexibility index (Phi) is 4.90. The molecule has 0 saturated heterocycles. The van der Waals surface area contributed by atoms with E-state index in [1.165, 1.54) is 22.3 Å². The lowest BCUT2D eigenvalue weighted by Crippen LogP contribution is -2.02. The maximum Gasteiger partial charge on any atom is 0.255 e. The number of nitrogens with zero attached hydrogens (tertiary/aromatic N) is 4. The number of hydrogen-bond donors (Lipinski definition) is 1. The van der Waals surface area contributed by atoms with Crippen molar-refractivity contribution >= 4 is 46.6 Å². The first-order valence-corrected chi connectivity index (χ1v) is 9.60. The number of nitrogens with two attached hydrogens (primary N) is 1. The van der Waals surface area contributed by atoms with Gasteiger partial charge in [0, 0.05) is 33.1 Å². The Morgan fingerprint density at radius 1 is 1.11 bits per heavy atom. The summed E-state index contributed by atoms with van der Waals surface area (Å²) >= 11 is 13.2. The number of aromatic nitrogens is 4. The van der Waals surface area contributed by atoms with E-state index in [0.717, 1.165) is 11.1 Å². The Hall–Kier alpha value is -2.35. The zero-order chi connectivity index (χ0) is 19.0. The molecule has 2 aromatic heterocycles. The van der Waals surface area contributed by atoms with Crippen molar-refractivity contribution < 1.29 is 4.39 Å². The van der Waals surface area contributed by atoms with Crippen LogP contribution in [0.5, 0.6) is 0 Å². The predicted octanol–water partition coefficient (Wildman–Crippen LogP) is 5.11. The number of rotatable bonds is 4. The molecule has 0 unspecified atom stereocenters. The molecule has 0 saturated carbocycles. The fraction of sp³-hybridized carbons (Fsp3) is 0.0556. The first kappa shape index (κ1) is 18.0. The molecule has 136 valence electrons. The van der Waals surface area contributed by atoms with Gasteiger partial charge >= 0.3 is 0 Å². The van der Waals surface area contributed by atoms with Crippen LogP contribution < -0.4 is 5.73 Å². The number of halogens is 3. The van der Waals surface area contributed by atoms with Crippen molar-refractivity contribution in [2.75, 3.05) is 5.73 Å². The third-order valence-corrected chi connectivity index (χ3v) is 5.42. The first-order valence-electron chi connectivity index (χ1n) is 7.86. The molecule has 9 heteroatoms. The molecule has 2 aromatic carbocycles. The summed E-state index contributed by atoms with van der Waals surface area (Å²) in [6.45, 7) is 0. The van der Waals surface area contributed by atoms with Gasteiger partial charge in [0.05, 0.1) is 0 Å². The van der Waals surface area contributed by atoms with E-state index in [0.29, 0.717) is 38.1 Å². The molecule has 0 amide bonds. The molecule has 0 bridgehead atoms. The monoisotopic (exact) mass is 419 g/mol. The van der Waals surface area contributed by atoms with Crippen molar-refractivity contribution in [3.8, 4) is 11.1 Å². The maximum atomic E-state index is 13.9. The summed E-state index contributed by atoms with van der Waals surface area (Å²) in [7, 11) is 0. The van der Waals surface area contributed by atoms with E-state index in [1.54, 1.807) is 30.5 Å². The van der Waals surface area contributed by atoms with E-state index in [2.05, 4.69) is 15.1 Å². The van der Waals surface area contributed by atoms with Crippen LogP contribution in [0.4, 0.5) is 10.2 Å². The summed E-state index contributed by atoms with van der Waals surface area (Å²) < 4.78 is 15.4. The second kappa shape index (κ2) is 7.34. The molecule has 0 spiro atoms. The summed E-state index contributed by atoms with van der Waals surface area (Å²) in [5, 5.41) is 5.82. The van der Waals surface area contributed by atoms with Crippen LogP contribution in [-0.4, -0.2) is 19.6 Å². The third-order valence-electron chi connectivity index (χ3n) is 3.95. The van der Waals surface area contributed by atoms with Gasteiger partial charge in [0.15, 0.2) is 0 Å². The molecule has 5 nitrogen and oxygen atoms in total. The van der Waals surface area contributed by atoms with E-state index in [-0.39, 0.29) is 5.82 Å². The van der Waals surface area contributed by atoms with E-state index in [1.807, 2.05) is 12.1 Å². The van der Waals surface area contributed by atoms with Crippen molar-refractivity contribution in [2.45, 2.75) is 10.9 Å². The van der Waals surface area contributed by atoms with E-state index in [9.17, 15) is 4.39 Å². The van der Waals surface area contributed by atoms with Crippen LogP contribution in [0, 0.1) is 5.82 Å². The molecule has 0 fully saturated rings. The lowest BCUT2D eigenvalue weighted by atomic mass is 10.1. The Labute approximate surface area is 168 Å². The molecule has 0 aliphatic carbocycles. The van der Waals surface area contributed by atoms with Crippen molar-refractivity contribution in [3.05, 3.63) is 70.1 Å². The lowest BCUT2D eigenvalue weighted by molar-refractivity contribution is 0.617. The number of hydrogen-bond acceptors (Lipinski definition) is 5. The van der Waals surface area contributed by atoms with Gasteiger partial charge in [-0.05, 0) is 29.8 Å². The lowest BCUT2D eigenvalue weighted by Gasteiger charge is -2.06. The molecular formula is C18H12Cl2FN5S. The maximum absolute atomic E-state index is 13.9. The van der Waals surface area contributed by atoms with Crippen LogP contribution in [0.1, 0.15) is 5.56 Å². The minimum Gasteiger partial charge on any atom is -0.383 e. The largest absolute Gasteiger partial charge is 0.383 e. The molecule has 0 aliphatic rings. The van der Waals surface area contributed by atoms with Gasteiger partial charge in [-0.15, -0.1) is 5.10 Å². The van der Waals surface area contributed by atoms with Crippen LogP contribution in [0.25, 0.3) is 16.9 Å². The van der Waals surface area contributed by atoms with Crippen molar-refractivity contribution in [1.82, 2.24) is 19.6 Å². The van der Waals surface area contributed by atoms with Gasteiger partial charge in [-0.2, -0.15) is 9.50 Å². The standard InChI is InChI=1S/C18H12Cl2FN5S/c19-11-6-4-10(5-7-11)12-8-23-17-24-18(25-26(17)16(12)22)27-9-13-14(20)2-1-3-15(13)21/h1-8H,9,22H2. The normalized spacial score (nSPS) is 11.2. The highest BCUT2D eigenvalue weighted by Gasteiger charge is 2.14. The molecular weight excluding hydrogens is 408 g/mol. The zero-order valence-corrected chi connectivity index (χ0v) is 16.1. The topological polar surface area (TPSA) is 69.1 Å². The summed E-state index contributed by atoms with van der Waals surface area (Å²) in [5.41, 5.74) is 8.25.